The summed E-state index contributed by atoms with van der Waals surface area (Å²) >= 11 is 0. The first kappa shape index (κ1) is 18.1. The van der Waals surface area contributed by atoms with Crippen LogP contribution in [0.4, 0.5) is 0 Å². The maximum Gasteiger partial charge on any atom is 0.290 e. The van der Waals surface area contributed by atoms with Gasteiger partial charge in [0.1, 0.15) is 0 Å². The normalized spacial score (nSPS) is 16.7. The number of hydrogen-bond donors (Lipinski definition) is 1. The SMILES string of the molecule is Cc1ccc(CN2C(=O)C(O)=C(c3ccc(C)cc3)[C@@H]2c2ccccc2)cc1. The zero-order valence-electron chi connectivity index (χ0n) is 16.1. The molecule has 0 fully saturated rings. The predicted molar refractivity (Wildman–Crippen MR) is 112 cm³/mol. The van der Waals surface area contributed by atoms with E-state index < -0.39 is 0 Å². The molecular formula is C25H23NO2. The third-order valence-corrected chi connectivity index (χ3v) is 5.26. The fourth-order valence-electron chi connectivity index (χ4n) is 3.72. The van der Waals surface area contributed by atoms with Crippen molar-refractivity contribution in [3.63, 3.8) is 0 Å². The van der Waals surface area contributed by atoms with Gasteiger partial charge in [0, 0.05) is 12.1 Å². The summed E-state index contributed by atoms with van der Waals surface area (Å²) in [6.45, 7) is 4.51. The minimum absolute atomic E-state index is 0.162. The van der Waals surface area contributed by atoms with E-state index in [-0.39, 0.29) is 17.7 Å². The maximum atomic E-state index is 13.0. The molecule has 1 aliphatic rings. The Bertz CT molecular complexity index is 1020. The van der Waals surface area contributed by atoms with Crippen molar-refractivity contribution in [1.29, 1.82) is 0 Å². The summed E-state index contributed by atoms with van der Waals surface area (Å²) in [7, 11) is 0. The van der Waals surface area contributed by atoms with E-state index in [9.17, 15) is 9.90 Å². The monoisotopic (exact) mass is 369 g/mol. The first-order valence-corrected chi connectivity index (χ1v) is 9.46. The Hall–Kier alpha value is -3.33. The number of aliphatic hydroxyl groups is 1. The average molecular weight is 369 g/mol. The van der Waals surface area contributed by atoms with E-state index in [2.05, 4.69) is 0 Å². The second-order valence-corrected chi connectivity index (χ2v) is 7.36. The fourth-order valence-corrected chi connectivity index (χ4v) is 3.72. The van der Waals surface area contributed by atoms with Gasteiger partial charge in [0.2, 0.25) is 0 Å². The van der Waals surface area contributed by atoms with Crippen LogP contribution in [0.5, 0.6) is 0 Å². The molecule has 0 saturated heterocycles. The smallest absolute Gasteiger partial charge is 0.290 e. The first-order valence-electron chi connectivity index (χ1n) is 9.46. The number of hydrogen-bond acceptors (Lipinski definition) is 2. The van der Waals surface area contributed by atoms with E-state index >= 15 is 0 Å². The number of aliphatic hydroxyl groups excluding tert-OH is 1. The molecule has 1 atom stereocenters. The number of carbonyl (C=O) groups is 1. The highest BCUT2D eigenvalue weighted by atomic mass is 16.3. The highest BCUT2D eigenvalue weighted by molar-refractivity contribution is 6.05. The zero-order chi connectivity index (χ0) is 19.7. The van der Waals surface area contributed by atoms with E-state index in [0.717, 1.165) is 22.3 Å². The second-order valence-electron chi connectivity index (χ2n) is 7.36. The molecule has 140 valence electrons. The summed E-state index contributed by atoms with van der Waals surface area (Å²) in [6.07, 6.45) is 0. The zero-order valence-corrected chi connectivity index (χ0v) is 16.1. The molecule has 1 amide bonds. The third-order valence-electron chi connectivity index (χ3n) is 5.26. The predicted octanol–water partition coefficient (Wildman–Crippen LogP) is 5.36. The molecule has 3 heteroatoms. The van der Waals surface area contributed by atoms with E-state index in [1.165, 1.54) is 5.56 Å². The number of nitrogens with zero attached hydrogens (tertiary/aromatic N) is 1. The summed E-state index contributed by atoms with van der Waals surface area (Å²) in [5.74, 6) is -0.491. The molecule has 0 bridgehead atoms. The molecule has 4 rings (SSSR count). The molecule has 1 N–H and O–H groups in total. The standard InChI is InChI=1S/C25H23NO2/c1-17-8-12-19(13-9-17)16-26-23(21-6-4-3-5-7-21)22(24(27)25(26)28)20-14-10-18(2)11-15-20/h3-15,23,27H,16H2,1-2H3/t23-/m0/s1. The van der Waals surface area contributed by atoms with Gasteiger partial charge in [-0.05, 0) is 30.5 Å². The lowest BCUT2D eigenvalue weighted by Gasteiger charge is -2.27. The van der Waals surface area contributed by atoms with Gasteiger partial charge in [-0.25, -0.2) is 0 Å². The van der Waals surface area contributed by atoms with Crippen molar-refractivity contribution >= 4 is 11.5 Å². The Balaban J connectivity index is 1.79. The molecule has 0 radical (unpaired) electrons. The molecule has 0 aliphatic carbocycles. The van der Waals surface area contributed by atoms with Crippen molar-refractivity contribution in [2.45, 2.75) is 26.4 Å². The Labute approximate surface area is 165 Å². The van der Waals surface area contributed by atoms with Gasteiger partial charge in [-0.1, -0.05) is 90.0 Å². The molecule has 0 aromatic heterocycles. The Kier molecular flexibility index (Phi) is 4.74. The minimum Gasteiger partial charge on any atom is -0.503 e. The number of amides is 1. The van der Waals surface area contributed by atoms with Crippen LogP contribution in [0.1, 0.15) is 33.9 Å². The molecule has 0 spiro atoms. The summed E-state index contributed by atoms with van der Waals surface area (Å²) in [6, 6.07) is 25.7. The Morgan fingerprint density at radius 3 is 2.00 bits per heavy atom. The quantitative estimate of drug-likeness (QED) is 0.673. The molecule has 0 saturated carbocycles. The largest absolute Gasteiger partial charge is 0.503 e. The van der Waals surface area contributed by atoms with Gasteiger partial charge in [-0.2, -0.15) is 0 Å². The van der Waals surface area contributed by atoms with Gasteiger partial charge in [-0.3, -0.25) is 4.79 Å². The van der Waals surface area contributed by atoms with E-state index in [1.54, 1.807) is 4.90 Å². The van der Waals surface area contributed by atoms with Crippen molar-refractivity contribution < 1.29 is 9.90 Å². The van der Waals surface area contributed by atoms with Crippen molar-refractivity contribution in [3.05, 3.63) is 112 Å². The van der Waals surface area contributed by atoms with E-state index in [4.69, 9.17) is 0 Å². The van der Waals surface area contributed by atoms with Crippen molar-refractivity contribution in [2.24, 2.45) is 0 Å². The second kappa shape index (κ2) is 7.35. The maximum absolute atomic E-state index is 13.0. The summed E-state index contributed by atoms with van der Waals surface area (Å²) in [5, 5.41) is 10.8. The van der Waals surface area contributed by atoms with Crippen LogP contribution < -0.4 is 0 Å². The lowest BCUT2D eigenvalue weighted by molar-refractivity contribution is -0.130. The molecular weight excluding hydrogens is 346 g/mol. The van der Waals surface area contributed by atoms with Crippen molar-refractivity contribution in [3.8, 4) is 0 Å². The van der Waals surface area contributed by atoms with Gasteiger partial charge in [0.05, 0.1) is 6.04 Å². The third kappa shape index (κ3) is 3.31. The Morgan fingerprint density at radius 1 is 0.821 bits per heavy atom. The van der Waals surface area contributed by atoms with Crippen molar-refractivity contribution in [2.75, 3.05) is 0 Å². The van der Waals surface area contributed by atoms with Crippen LogP contribution >= 0.6 is 0 Å². The van der Waals surface area contributed by atoms with Crippen LogP contribution in [-0.4, -0.2) is 15.9 Å². The topological polar surface area (TPSA) is 40.5 Å². The molecule has 3 aromatic rings. The molecule has 3 aromatic carbocycles. The number of aryl methyl sites for hydroxylation is 2. The number of carbonyl (C=O) groups excluding carboxylic acids is 1. The highest BCUT2D eigenvalue weighted by Crippen LogP contribution is 2.43. The van der Waals surface area contributed by atoms with Crippen LogP contribution in [0.2, 0.25) is 0 Å². The van der Waals surface area contributed by atoms with Gasteiger partial charge in [-0.15, -0.1) is 0 Å². The van der Waals surface area contributed by atoms with E-state index in [0.29, 0.717) is 12.1 Å². The number of benzene rings is 3. The average Bonchev–Trinajstić information content (AvgIpc) is 2.96. The summed E-state index contributed by atoms with van der Waals surface area (Å²) in [4.78, 5) is 14.8. The van der Waals surface area contributed by atoms with Gasteiger partial charge < -0.3 is 10.0 Å². The molecule has 0 unspecified atom stereocenters. The van der Waals surface area contributed by atoms with Crippen LogP contribution in [0.15, 0.2) is 84.6 Å². The van der Waals surface area contributed by atoms with Gasteiger partial charge in [0.25, 0.3) is 5.91 Å². The van der Waals surface area contributed by atoms with Gasteiger partial charge in [0.15, 0.2) is 5.76 Å². The van der Waals surface area contributed by atoms with Crippen LogP contribution in [0.25, 0.3) is 5.57 Å². The molecule has 1 aliphatic heterocycles. The van der Waals surface area contributed by atoms with E-state index in [1.807, 2.05) is 92.7 Å². The lowest BCUT2D eigenvalue weighted by atomic mass is 9.93. The van der Waals surface area contributed by atoms with Crippen LogP contribution in [0.3, 0.4) is 0 Å². The van der Waals surface area contributed by atoms with Crippen LogP contribution in [0, 0.1) is 13.8 Å². The van der Waals surface area contributed by atoms with Crippen molar-refractivity contribution in [1.82, 2.24) is 4.90 Å². The lowest BCUT2D eigenvalue weighted by Crippen LogP contribution is -2.29. The highest BCUT2D eigenvalue weighted by Gasteiger charge is 2.40. The fraction of sp³-hybridized carbons (Fsp3) is 0.160. The number of rotatable bonds is 4. The molecule has 28 heavy (non-hydrogen) atoms. The van der Waals surface area contributed by atoms with Gasteiger partial charge >= 0.3 is 0 Å². The molecule has 1 heterocycles. The van der Waals surface area contributed by atoms with Crippen LogP contribution in [-0.2, 0) is 11.3 Å². The Morgan fingerprint density at radius 2 is 1.39 bits per heavy atom. The summed E-state index contributed by atoms with van der Waals surface area (Å²) < 4.78 is 0. The first-order chi connectivity index (χ1) is 13.5. The minimum atomic E-state index is -0.329. The molecule has 3 nitrogen and oxygen atoms in total. The summed E-state index contributed by atoms with van der Waals surface area (Å²) in [5.41, 5.74) is 5.89.